The van der Waals surface area contributed by atoms with Crippen molar-refractivity contribution in [2.75, 3.05) is 20.8 Å². The van der Waals surface area contributed by atoms with Gasteiger partial charge < -0.3 is 24.1 Å². The number of aromatic amines is 1. The number of aliphatic hydroxyl groups is 1. The second-order valence-corrected chi connectivity index (χ2v) is 9.26. The van der Waals surface area contributed by atoms with Gasteiger partial charge in [-0.15, -0.1) is 0 Å². The van der Waals surface area contributed by atoms with Crippen LogP contribution in [0.5, 0.6) is 11.5 Å². The molecule has 1 fully saturated rings. The van der Waals surface area contributed by atoms with Crippen LogP contribution >= 0.6 is 0 Å². The zero-order valence-electron chi connectivity index (χ0n) is 21.7. The summed E-state index contributed by atoms with van der Waals surface area (Å²) in [5.41, 5.74) is 0.399. The lowest BCUT2D eigenvalue weighted by Crippen LogP contribution is -2.38. The van der Waals surface area contributed by atoms with Crippen molar-refractivity contribution in [3.05, 3.63) is 129 Å². The van der Waals surface area contributed by atoms with E-state index in [-0.39, 0.29) is 13.0 Å². The summed E-state index contributed by atoms with van der Waals surface area (Å²) in [6.45, 7) is 0.0166. The number of aliphatic hydroxyl groups excluding tert-OH is 1. The van der Waals surface area contributed by atoms with Crippen molar-refractivity contribution in [1.82, 2.24) is 9.55 Å². The molecule has 202 valence electrons. The fourth-order valence-electron chi connectivity index (χ4n) is 4.97. The molecule has 2 N–H and O–H groups in total. The third kappa shape index (κ3) is 5.24. The summed E-state index contributed by atoms with van der Waals surface area (Å²) in [4.78, 5) is 26.0. The zero-order valence-corrected chi connectivity index (χ0v) is 21.7. The molecular weight excluding hydrogens is 500 g/mol. The molecule has 1 saturated heterocycles. The SMILES string of the molecule is COc1ccc(C(OC[C@H]2O[C@@H](n3ccc(=O)[nH]c3=O)C[C@@H]2O)(c2ccccc2)c2ccc(OC)cc2)cc1. The molecule has 2 heterocycles. The largest absolute Gasteiger partial charge is 0.497 e. The smallest absolute Gasteiger partial charge is 0.330 e. The molecular formula is C30H30N2O7. The Kier molecular flexibility index (Phi) is 7.65. The highest BCUT2D eigenvalue weighted by Gasteiger charge is 2.42. The predicted octanol–water partition coefficient (Wildman–Crippen LogP) is 3.21. The van der Waals surface area contributed by atoms with E-state index in [0.717, 1.165) is 16.7 Å². The van der Waals surface area contributed by atoms with Crippen LogP contribution in [-0.2, 0) is 15.1 Å². The van der Waals surface area contributed by atoms with Crippen LogP contribution in [0.15, 0.2) is 101 Å². The Balaban J connectivity index is 1.54. The molecule has 39 heavy (non-hydrogen) atoms. The summed E-state index contributed by atoms with van der Waals surface area (Å²) in [5.74, 6) is 1.42. The van der Waals surface area contributed by atoms with Gasteiger partial charge in [0.2, 0.25) is 0 Å². The number of ether oxygens (including phenoxy) is 4. The van der Waals surface area contributed by atoms with Gasteiger partial charge in [-0.25, -0.2) is 4.79 Å². The summed E-state index contributed by atoms with van der Waals surface area (Å²) in [6.07, 6.45) is -0.831. The number of methoxy groups -OCH3 is 2. The first kappa shape index (κ1) is 26.4. The number of hydrogen-bond donors (Lipinski definition) is 2. The second-order valence-electron chi connectivity index (χ2n) is 9.26. The van der Waals surface area contributed by atoms with Crippen molar-refractivity contribution in [3.8, 4) is 11.5 Å². The van der Waals surface area contributed by atoms with E-state index in [1.165, 1.54) is 16.8 Å². The van der Waals surface area contributed by atoms with Gasteiger partial charge in [0.25, 0.3) is 5.56 Å². The zero-order chi connectivity index (χ0) is 27.4. The lowest BCUT2D eigenvalue weighted by atomic mass is 9.80. The average Bonchev–Trinajstić information content (AvgIpc) is 3.34. The number of aromatic nitrogens is 2. The van der Waals surface area contributed by atoms with Crippen LogP contribution in [0.4, 0.5) is 0 Å². The van der Waals surface area contributed by atoms with E-state index in [1.807, 2.05) is 78.9 Å². The molecule has 1 aliphatic rings. The monoisotopic (exact) mass is 530 g/mol. The minimum absolute atomic E-state index is 0.0166. The minimum atomic E-state index is -1.07. The van der Waals surface area contributed by atoms with E-state index in [2.05, 4.69) is 4.98 Å². The van der Waals surface area contributed by atoms with Crippen LogP contribution in [0, 0.1) is 0 Å². The molecule has 0 spiro atoms. The molecule has 1 aliphatic heterocycles. The van der Waals surface area contributed by atoms with Crippen LogP contribution in [0.1, 0.15) is 29.3 Å². The predicted molar refractivity (Wildman–Crippen MR) is 144 cm³/mol. The first-order chi connectivity index (χ1) is 18.9. The van der Waals surface area contributed by atoms with Crippen LogP contribution in [-0.4, -0.2) is 47.7 Å². The number of benzene rings is 3. The number of rotatable bonds is 9. The lowest BCUT2D eigenvalue weighted by molar-refractivity contribution is -0.0944. The molecule has 9 nitrogen and oxygen atoms in total. The van der Waals surface area contributed by atoms with Gasteiger partial charge in [0.1, 0.15) is 29.4 Å². The fourth-order valence-corrected chi connectivity index (χ4v) is 4.97. The number of nitrogens with zero attached hydrogens (tertiary/aromatic N) is 1. The van der Waals surface area contributed by atoms with E-state index in [1.54, 1.807) is 14.2 Å². The fraction of sp³-hybridized carbons (Fsp3) is 0.267. The van der Waals surface area contributed by atoms with Gasteiger partial charge in [0.05, 0.1) is 26.9 Å². The average molecular weight is 531 g/mol. The van der Waals surface area contributed by atoms with E-state index in [4.69, 9.17) is 18.9 Å². The number of hydrogen-bond acceptors (Lipinski definition) is 7. The van der Waals surface area contributed by atoms with E-state index < -0.39 is 35.3 Å². The molecule has 0 unspecified atom stereocenters. The summed E-state index contributed by atoms with van der Waals surface area (Å²) >= 11 is 0. The Morgan fingerprint density at radius 3 is 1.97 bits per heavy atom. The standard InChI is InChI=1S/C30H30N2O7/c1-36-23-12-8-21(9-13-23)30(20-6-4-3-5-7-20,22-10-14-24(37-2)15-11-22)38-19-26-25(33)18-28(39-26)32-17-16-27(34)31-29(32)35/h3-17,25-26,28,33H,18-19H2,1-2H3,(H,31,34,35)/t25-,26+,28+/m0/s1. The Labute approximate surface area is 225 Å². The molecule has 5 rings (SSSR count). The van der Waals surface area contributed by atoms with Crippen LogP contribution in [0.2, 0.25) is 0 Å². The molecule has 9 heteroatoms. The van der Waals surface area contributed by atoms with Gasteiger partial charge >= 0.3 is 5.69 Å². The number of H-pyrrole nitrogens is 1. The van der Waals surface area contributed by atoms with Crippen molar-refractivity contribution < 1.29 is 24.1 Å². The Hall–Kier alpha value is -4.18. The number of nitrogens with one attached hydrogen (secondary N) is 1. The summed E-state index contributed by atoms with van der Waals surface area (Å²) in [7, 11) is 3.23. The first-order valence-corrected chi connectivity index (χ1v) is 12.6. The Bertz CT molecular complexity index is 1450. The van der Waals surface area contributed by atoms with E-state index in [9.17, 15) is 14.7 Å². The third-order valence-electron chi connectivity index (χ3n) is 7.00. The summed E-state index contributed by atoms with van der Waals surface area (Å²) < 4.78 is 24.9. The topological polar surface area (TPSA) is 112 Å². The van der Waals surface area contributed by atoms with Gasteiger partial charge in [0, 0.05) is 18.7 Å². The minimum Gasteiger partial charge on any atom is -0.497 e. The van der Waals surface area contributed by atoms with Crippen molar-refractivity contribution in [2.45, 2.75) is 30.5 Å². The molecule has 0 aliphatic carbocycles. The summed E-state index contributed by atoms with van der Waals surface area (Å²) in [6, 6.07) is 26.3. The van der Waals surface area contributed by atoms with Crippen molar-refractivity contribution >= 4 is 0 Å². The third-order valence-corrected chi connectivity index (χ3v) is 7.00. The van der Waals surface area contributed by atoms with Crippen LogP contribution < -0.4 is 20.7 Å². The maximum Gasteiger partial charge on any atom is 0.330 e. The Morgan fingerprint density at radius 1 is 0.872 bits per heavy atom. The normalized spacial score (nSPS) is 19.1. The van der Waals surface area contributed by atoms with Gasteiger partial charge in [-0.2, -0.15) is 0 Å². The molecule has 0 radical (unpaired) electrons. The van der Waals surface area contributed by atoms with Gasteiger partial charge in [-0.1, -0.05) is 54.6 Å². The van der Waals surface area contributed by atoms with Crippen molar-refractivity contribution in [2.24, 2.45) is 0 Å². The Morgan fingerprint density at radius 2 is 1.44 bits per heavy atom. The van der Waals surface area contributed by atoms with Crippen LogP contribution in [0.25, 0.3) is 0 Å². The molecule has 0 amide bonds. The molecule has 0 bridgehead atoms. The summed E-state index contributed by atoms with van der Waals surface area (Å²) in [5, 5.41) is 10.9. The van der Waals surface area contributed by atoms with Gasteiger partial charge in [-0.3, -0.25) is 14.3 Å². The highest BCUT2D eigenvalue weighted by molar-refractivity contribution is 5.49. The van der Waals surface area contributed by atoms with E-state index >= 15 is 0 Å². The van der Waals surface area contributed by atoms with Crippen molar-refractivity contribution in [1.29, 1.82) is 0 Å². The van der Waals surface area contributed by atoms with Gasteiger partial charge in [0.15, 0.2) is 0 Å². The van der Waals surface area contributed by atoms with Crippen molar-refractivity contribution in [3.63, 3.8) is 0 Å². The maximum absolute atomic E-state index is 12.3. The molecule has 3 aromatic carbocycles. The molecule has 0 saturated carbocycles. The maximum atomic E-state index is 12.3. The molecule has 4 aromatic rings. The quantitative estimate of drug-likeness (QED) is 0.320. The molecule has 1 aromatic heterocycles. The van der Waals surface area contributed by atoms with Crippen LogP contribution in [0.3, 0.4) is 0 Å². The van der Waals surface area contributed by atoms with E-state index in [0.29, 0.717) is 11.5 Å². The lowest BCUT2D eigenvalue weighted by Gasteiger charge is -2.37. The van der Waals surface area contributed by atoms with Gasteiger partial charge in [-0.05, 0) is 41.0 Å². The highest BCUT2D eigenvalue weighted by Crippen LogP contribution is 2.42. The first-order valence-electron chi connectivity index (χ1n) is 12.6. The second kappa shape index (κ2) is 11.3. The highest BCUT2D eigenvalue weighted by atomic mass is 16.6. The molecule has 3 atom stereocenters.